The third-order valence-electron chi connectivity index (χ3n) is 5.38. The first-order valence-corrected chi connectivity index (χ1v) is 10.2. The van der Waals surface area contributed by atoms with Crippen LogP contribution in [0, 0.1) is 11.6 Å². The van der Waals surface area contributed by atoms with Gasteiger partial charge in [-0.25, -0.2) is 8.78 Å². The van der Waals surface area contributed by atoms with Crippen molar-refractivity contribution in [1.82, 2.24) is 5.32 Å². The molecule has 31 heavy (non-hydrogen) atoms. The Morgan fingerprint density at radius 2 is 1.81 bits per heavy atom. The Bertz CT molecular complexity index is 1160. The number of amides is 2. The van der Waals surface area contributed by atoms with Crippen LogP contribution < -0.4 is 10.2 Å². The molecule has 1 N–H and O–H groups in total. The molecule has 3 aromatic rings. The van der Waals surface area contributed by atoms with E-state index in [-0.39, 0.29) is 22.5 Å². The van der Waals surface area contributed by atoms with Gasteiger partial charge in [-0.1, -0.05) is 29.8 Å². The van der Waals surface area contributed by atoms with Crippen molar-refractivity contribution in [1.29, 1.82) is 0 Å². The fourth-order valence-electron chi connectivity index (χ4n) is 3.68. The molecule has 7 heteroatoms. The highest BCUT2D eigenvalue weighted by Crippen LogP contribution is 2.32. The van der Waals surface area contributed by atoms with Gasteiger partial charge >= 0.3 is 0 Å². The largest absolute Gasteiger partial charge is 0.346 e. The quantitative estimate of drug-likeness (QED) is 0.597. The fraction of sp³-hybridized carbons (Fsp3) is 0.167. The summed E-state index contributed by atoms with van der Waals surface area (Å²) in [5, 5.41) is 2.80. The van der Waals surface area contributed by atoms with Crippen LogP contribution in [0.4, 0.5) is 14.5 Å². The molecule has 0 bridgehead atoms. The minimum atomic E-state index is -0.726. The Hall–Kier alpha value is -3.25. The van der Waals surface area contributed by atoms with Gasteiger partial charge in [0, 0.05) is 17.8 Å². The van der Waals surface area contributed by atoms with E-state index in [1.807, 2.05) is 19.1 Å². The van der Waals surface area contributed by atoms with Crippen LogP contribution in [-0.2, 0) is 6.42 Å². The summed E-state index contributed by atoms with van der Waals surface area (Å²) in [6.45, 7) is 2.28. The standard InChI is InChI=1S/C24H19ClF2N2O2/c1-14(28-23(30)15-5-8-18(26)9-6-15)16-7-10-21-17(13-16)11-12-29(21)24(31)19-3-2-4-20(25)22(19)27/h2-10,13-14H,11-12H2,1H3,(H,28,30)/t14-/m1/s1. The third-order valence-corrected chi connectivity index (χ3v) is 5.67. The van der Waals surface area contributed by atoms with Crippen molar-refractivity contribution in [2.45, 2.75) is 19.4 Å². The van der Waals surface area contributed by atoms with Crippen LogP contribution in [0.15, 0.2) is 60.7 Å². The number of rotatable bonds is 4. The predicted octanol–water partition coefficient (Wildman–Crippen LogP) is 5.31. The maximum Gasteiger partial charge on any atom is 0.261 e. The second-order valence-corrected chi connectivity index (χ2v) is 7.81. The number of halogens is 3. The molecule has 0 aromatic heterocycles. The highest BCUT2D eigenvalue weighted by atomic mass is 35.5. The first-order valence-electron chi connectivity index (χ1n) is 9.80. The molecule has 0 saturated heterocycles. The Balaban J connectivity index is 1.51. The average Bonchev–Trinajstić information content (AvgIpc) is 3.19. The number of fused-ring (bicyclic) bond motifs is 1. The van der Waals surface area contributed by atoms with Gasteiger partial charge in [-0.05, 0) is 66.9 Å². The third kappa shape index (κ3) is 4.16. The van der Waals surface area contributed by atoms with E-state index in [4.69, 9.17) is 11.6 Å². The van der Waals surface area contributed by atoms with E-state index < -0.39 is 17.5 Å². The highest BCUT2D eigenvalue weighted by molar-refractivity contribution is 6.31. The first kappa shape index (κ1) is 21.0. The molecule has 0 saturated carbocycles. The molecule has 3 aromatic carbocycles. The Kier molecular flexibility index (Phi) is 5.74. The van der Waals surface area contributed by atoms with Crippen LogP contribution in [0.5, 0.6) is 0 Å². The van der Waals surface area contributed by atoms with Crippen molar-refractivity contribution in [3.8, 4) is 0 Å². The number of benzene rings is 3. The topological polar surface area (TPSA) is 49.4 Å². The molecule has 4 nitrogen and oxygen atoms in total. The molecule has 0 unspecified atom stereocenters. The van der Waals surface area contributed by atoms with Crippen LogP contribution in [-0.4, -0.2) is 18.4 Å². The fourth-order valence-corrected chi connectivity index (χ4v) is 3.86. The Morgan fingerprint density at radius 3 is 2.55 bits per heavy atom. The summed E-state index contributed by atoms with van der Waals surface area (Å²) in [6, 6.07) is 15.0. The van der Waals surface area contributed by atoms with Crippen LogP contribution in [0.1, 0.15) is 44.8 Å². The summed E-state index contributed by atoms with van der Waals surface area (Å²) in [5.74, 6) is -1.87. The summed E-state index contributed by atoms with van der Waals surface area (Å²) in [6.07, 6.45) is 0.621. The monoisotopic (exact) mass is 440 g/mol. The van der Waals surface area contributed by atoms with Gasteiger partial charge in [0.15, 0.2) is 5.82 Å². The molecule has 4 rings (SSSR count). The zero-order chi connectivity index (χ0) is 22.1. The average molecular weight is 441 g/mol. The van der Waals surface area contributed by atoms with Crippen LogP contribution in [0.25, 0.3) is 0 Å². The first-order chi connectivity index (χ1) is 14.8. The molecule has 158 valence electrons. The molecular formula is C24H19ClF2N2O2. The zero-order valence-electron chi connectivity index (χ0n) is 16.7. The number of carbonyl (C=O) groups is 2. The molecule has 0 aliphatic carbocycles. The van der Waals surface area contributed by atoms with E-state index in [9.17, 15) is 18.4 Å². The number of nitrogens with zero attached hydrogens (tertiary/aromatic N) is 1. The lowest BCUT2D eigenvalue weighted by Crippen LogP contribution is -2.29. The van der Waals surface area contributed by atoms with E-state index in [2.05, 4.69) is 5.32 Å². The maximum absolute atomic E-state index is 14.3. The number of hydrogen-bond acceptors (Lipinski definition) is 2. The highest BCUT2D eigenvalue weighted by Gasteiger charge is 2.28. The molecule has 0 radical (unpaired) electrons. The Labute approximate surface area is 183 Å². The van der Waals surface area contributed by atoms with Gasteiger partial charge in [0.25, 0.3) is 11.8 Å². The van der Waals surface area contributed by atoms with Gasteiger partial charge in [-0.15, -0.1) is 0 Å². The minimum Gasteiger partial charge on any atom is -0.346 e. The number of carbonyl (C=O) groups excluding carboxylic acids is 2. The summed E-state index contributed by atoms with van der Waals surface area (Å²) in [4.78, 5) is 26.8. The van der Waals surface area contributed by atoms with Gasteiger partial charge in [0.2, 0.25) is 0 Å². The van der Waals surface area contributed by atoms with E-state index in [0.717, 1.165) is 11.1 Å². The summed E-state index contributed by atoms with van der Waals surface area (Å²) in [5.41, 5.74) is 2.83. The van der Waals surface area contributed by atoms with Gasteiger partial charge in [0.05, 0.1) is 16.6 Å². The second-order valence-electron chi connectivity index (χ2n) is 7.40. The van der Waals surface area contributed by atoms with E-state index in [1.54, 1.807) is 12.1 Å². The lowest BCUT2D eigenvalue weighted by molar-refractivity contribution is 0.0938. The molecule has 0 fully saturated rings. The van der Waals surface area contributed by atoms with Gasteiger partial charge in [-0.3, -0.25) is 9.59 Å². The van der Waals surface area contributed by atoms with Crippen molar-refractivity contribution in [3.05, 3.63) is 99.6 Å². The SMILES string of the molecule is C[C@@H](NC(=O)c1ccc(F)cc1)c1ccc2c(c1)CCN2C(=O)c1cccc(Cl)c1F. The predicted molar refractivity (Wildman–Crippen MR) is 116 cm³/mol. The summed E-state index contributed by atoms with van der Waals surface area (Å²) < 4.78 is 27.4. The van der Waals surface area contributed by atoms with Crippen molar-refractivity contribution in [2.75, 3.05) is 11.4 Å². The lowest BCUT2D eigenvalue weighted by atomic mass is 10.0. The zero-order valence-corrected chi connectivity index (χ0v) is 17.4. The smallest absolute Gasteiger partial charge is 0.261 e. The number of hydrogen-bond donors (Lipinski definition) is 1. The summed E-state index contributed by atoms with van der Waals surface area (Å²) in [7, 11) is 0. The van der Waals surface area contributed by atoms with Crippen molar-refractivity contribution in [3.63, 3.8) is 0 Å². The molecular weight excluding hydrogens is 422 g/mol. The Morgan fingerprint density at radius 1 is 1.06 bits per heavy atom. The number of anilines is 1. The van der Waals surface area contributed by atoms with Crippen molar-refractivity contribution >= 4 is 29.1 Å². The molecule has 1 heterocycles. The van der Waals surface area contributed by atoms with Crippen LogP contribution in [0.3, 0.4) is 0 Å². The molecule has 1 atom stereocenters. The molecule has 1 aliphatic rings. The van der Waals surface area contributed by atoms with Gasteiger partial charge < -0.3 is 10.2 Å². The van der Waals surface area contributed by atoms with Crippen molar-refractivity contribution in [2.24, 2.45) is 0 Å². The van der Waals surface area contributed by atoms with Gasteiger partial charge in [-0.2, -0.15) is 0 Å². The van der Waals surface area contributed by atoms with E-state index in [0.29, 0.717) is 24.2 Å². The normalized spacial score (nSPS) is 13.6. The number of nitrogens with one attached hydrogen (secondary N) is 1. The minimum absolute atomic E-state index is 0.0654. The summed E-state index contributed by atoms with van der Waals surface area (Å²) >= 11 is 5.82. The lowest BCUT2D eigenvalue weighted by Gasteiger charge is -2.19. The second kappa shape index (κ2) is 8.47. The van der Waals surface area contributed by atoms with Crippen LogP contribution >= 0.6 is 11.6 Å². The van der Waals surface area contributed by atoms with Crippen molar-refractivity contribution < 1.29 is 18.4 Å². The molecule has 0 spiro atoms. The molecule has 2 amide bonds. The van der Waals surface area contributed by atoms with Gasteiger partial charge in [0.1, 0.15) is 5.82 Å². The van der Waals surface area contributed by atoms with Crippen LogP contribution in [0.2, 0.25) is 5.02 Å². The molecule has 1 aliphatic heterocycles. The maximum atomic E-state index is 14.3. The van der Waals surface area contributed by atoms with E-state index >= 15 is 0 Å². The van der Waals surface area contributed by atoms with E-state index in [1.165, 1.54) is 41.3 Å².